The first-order valence-corrected chi connectivity index (χ1v) is 3.76. The molecule has 0 unspecified atom stereocenters. The van der Waals surface area contributed by atoms with Crippen LogP contribution in [0, 0.1) is 5.92 Å². The summed E-state index contributed by atoms with van der Waals surface area (Å²) in [7, 11) is 0. The Hall–Kier alpha value is -0.900. The number of rotatable bonds is 2. The van der Waals surface area contributed by atoms with Crippen molar-refractivity contribution in [3.05, 3.63) is 0 Å². The summed E-state index contributed by atoms with van der Waals surface area (Å²) in [6.45, 7) is 1.62. The number of nitrogens with one attached hydrogen (secondary N) is 1. The molecule has 1 heterocycles. The largest absolute Gasteiger partial charge is 0.363 e. The fourth-order valence-electron chi connectivity index (χ4n) is 1.29. The summed E-state index contributed by atoms with van der Waals surface area (Å²) in [4.78, 5) is 21.4. The second-order valence-electron chi connectivity index (χ2n) is 2.75. The number of ketones is 1. The van der Waals surface area contributed by atoms with Crippen LogP contribution in [0.3, 0.4) is 0 Å². The van der Waals surface area contributed by atoms with E-state index >= 15 is 0 Å². The Kier molecular flexibility index (Phi) is 2.59. The third-order valence-electron chi connectivity index (χ3n) is 1.95. The standard InChI is InChI=1S/C7H12N2O2/c8-7(11)6(10)5-1-3-9-4-2-5/h5,9H,1-4H2,(H2,8,11). The SMILES string of the molecule is NC(=O)C(=O)C1CCNCC1. The highest BCUT2D eigenvalue weighted by molar-refractivity contribution is 6.36. The van der Waals surface area contributed by atoms with E-state index in [1.165, 1.54) is 0 Å². The third-order valence-corrected chi connectivity index (χ3v) is 1.95. The minimum absolute atomic E-state index is 0.131. The van der Waals surface area contributed by atoms with Crippen molar-refractivity contribution in [3.8, 4) is 0 Å². The van der Waals surface area contributed by atoms with Gasteiger partial charge in [-0.05, 0) is 25.9 Å². The van der Waals surface area contributed by atoms with E-state index < -0.39 is 11.7 Å². The van der Waals surface area contributed by atoms with Gasteiger partial charge < -0.3 is 11.1 Å². The molecular formula is C7H12N2O2. The summed E-state index contributed by atoms with van der Waals surface area (Å²) in [5.41, 5.74) is 4.86. The summed E-state index contributed by atoms with van der Waals surface area (Å²) in [5, 5.41) is 3.10. The lowest BCUT2D eigenvalue weighted by atomic mass is 9.93. The first kappa shape index (κ1) is 8.20. The van der Waals surface area contributed by atoms with Gasteiger partial charge in [0.05, 0.1) is 0 Å². The molecule has 1 rings (SSSR count). The molecule has 1 aliphatic rings. The van der Waals surface area contributed by atoms with E-state index in [1.54, 1.807) is 0 Å². The minimum Gasteiger partial charge on any atom is -0.363 e. The molecule has 1 saturated heterocycles. The van der Waals surface area contributed by atoms with Crippen LogP contribution in [-0.4, -0.2) is 24.8 Å². The van der Waals surface area contributed by atoms with Crippen molar-refractivity contribution < 1.29 is 9.59 Å². The van der Waals surface area contributed by atoms with Crippen LogP contribution in [0.15, 0.2) is 0 Å². The lowest BCUT2D eigenvalue weighted by molar-refractivity contribution is -0.138. The minimum atomic E-state index is -0.795. The van der Waals surface area contributed by atoms with E-state index in [2.05, 4.69) is 5.32 Å². The quantitative estimate of drug-likeness (QED) is 0.506. The molecule has 4 heteroatoms. The van der Waals surface area contributed by atoms with Crippen LogP contribution in [0.25, 0.3) is 0 Å². The Morgan fingerprint density at radius 3 is 2.27 bits per heavy atom. The zero-order valence-electron chi connectivity index (χ0n) is 6.30. The highest BCUT2D eigenvalue weighted by Crippen LogP contribution is 2.11. The van der Waals surface area contributed by atoms with Gasteiger partial charge in [-0.25, -0.2) is 0 Å². The maximum absolute atomic E-state index is 11.0. The van der Waals surface area contributed by atoms with Gasteiger partial charge in [-0.2, -0.15) is 0 Å². The van der Waals surface area contributed by atoms with E-state index in [1.807, 2.05) is 0 Å². The van der Waals surface area contributed by atoms with Gasteiger partial charge in [-0.1, -0.05) is 0 Å². The molecule has 1 fully saturated rings. The number of amides is 1. The maximum atomic E-state index is 11.0. The summed E-state index contributed by atoms with van der Waals surface area (Å²) < 4.78 is 0. The molecule has 0 aromatic rings. The lowest BCUT2D eigenvalue weighted by Crippen LogP contribution is -2.37. The first-order chi connectivity index (χ1) is 5.22. The molecule has 1 amide bonds. The van der Waals surface area contributed by atoms with Crippen molar-refractivity contribution >= 4 is 11.7 Å². The Bertz CT molecular complexity index is 173. The molecule has 0 bridgehead atoms. The number of nitrogens with two attached hydrogens (primary N) is 1. The van der Waals surface area contributed by atoms with Crippen LogP contribution in [0.1, 0.15) is 12.8 Å². The molecular weight excluding hydrogens is 144 g/mol. The Balaban J connectivity index is 2.45. The fourth-order valence-corrected chi connectivity index (χ4v) is 1.29. The summed E-state index contributed by atoms with van der Waals surface area (Å²) in [5.74, 6) is -1.34. The Morgan fingerprint density at radius 1 is 1.27 bits per heavy atom. The molecule has 0 radical (unpaired) electrons. The summed E-state index contributed by atoms with van der Waals surface area (Å²) >= 11 is 0. The Labute approximate surface area is 65.1 Å². The van der Waals surface area contributed by atoms with Crippen molar-refractivity contribution in [3.63, 3.8) is 0 Å². The predicted octanol–water partition coefficient (Wildman–Crippen LogP) is -0.960. The molecule has 0 aromatic heterocycles. The van der Waals surface area contributed by atoms with Crippen molar-refractivity contribution in [2.24, 2.45) is 11.7 Å². The second kappa shape index (κ2) is 3.48. The van der Waals surface area contributed by atoms with Crippen molar-refractivity contribution in [2.45, 2.75) is 12.8 Å². The van der Waals surface area contributed by atoms with E-state index in [0.717, 1.165) is 25.9 Å². The van der Waals surface area contributed by atoms with Gasteiger partial charge >= 0.3 is 0 Å². The molecule has 4 nitrogen and oxygen atoms in total. The van der Waals surface area contributed by atoms with Crippen LogP contribution in [-0.2, 0) is 9.59 Å². The normalized spacial score (nSPS) is 19.6. The average molecular weight is 156 g/mol. The van der Waals surface area contributed by atoms with E-state index in [9.17, 15) is 9.59 Å². The number of piperidine rings is 1. The number of hydrogen-bond donors (Lipinski definition) is 2. The Morgan fingerprint density at radius 2 is 1.82 bits per heavy atom. The molecule has 11 heavy (non-hydrogen) atoms. The van der Waals surface area contributed by atoms with Crippen LogP contribution in [0.4, 0.5) is 0 Å². The highest BCUT2D eigenvalue weighted by Gasteiger charge is 2.24. The van der Waals surface area contributed by atoms with Crippen molar-refractivity contribution in [1.82, 2.24) is 5.32 Å². The smallest absolute Gasteiger partial charge is 0.285 e. The lowest BCUT2D eigenvalue weighted by Gasteiger charge is -2.19. The zero-order chi connectivity index (χ0) is 8.27. The third kappa shape index (κ3) is 2.01. The van der Waals surface area contributed by atoms with E-state index in [-0.39, 0.29) is 5.92 Å². The van der Waals surface area contributed by atoms with Crippen LogP contribution >= 0.6 is 0 Å². The zero-order valence-corrected chi connectivity index (χ0v) is 6.30. The van der Waals surface area contributed by atoms with Crippen LogP contribution in [0.5, 0.6) is 0 Å². The van der Waals surface area contributed by atoms with Gasteiger partial charge in [-0.15, -0.1) is 0 Å². The van der Waals surface area contributed by atoms with Gasteiger partial charge in [0.15, 0.2) is 0 Å². The van der Waals surface area contributed by atoms with Crippen molar-refractivity contribution in [2.75, 3.05) is 13.1 Å². The molecule has 62 valence electrons. The average Bonchev–Trinajstić information content (AvgIpc) is 2.05. The number of carbonyl (C=O) groups excluding carboxylic acids is 2. The fraction of sp³-hybridized carbons (Fsp3) is 0.714. The monoisotopic (exact) mass is 156 g/mol. The molecule has 3 N–H and O–H groups in total. The molecule has 0 spiro atoms. The van der Waals surface area contributed by atoms with E-state index in [4.69, 9.17) is 5.73 Å². The first-order valence-electron chi connectivity index (χ1n) is 3.76. The van der Waals surface area contributed by atoms with E-state index in [0.29, 0.717) is 0 Å². The summed E-state index contributed by atoms with van der Waals surface area (Å²) in [6, 6.07) is 0. The van der Waals surface area contributed by atoms with Gasteiger partial charge in [0.1, 0.15) is 0 Å². The van der Waals surface area contributed by atoms with Gasteiger partial charge in [0.25, 0.3) is 5.91 Å². The molecule has 0 aliphatic carbocycles. The highest BCUT2D eigenvalue weighted by atomic mass is 16.2. The number of hydrogen-bond acceptors (Lipinski definition) is 3. The van der Waals surface area contributed by atoms with Crippen molar-refractivity contribution in [1.29, 1.82) is 0 Å². The molecule has 0 aromatic carbocycles. The van der Waals surface area contributed by atoms with Gasteiger partial charge in [0.2, 0.25) is 5.78 Å². The second-order valence-corrected chi connectivity index (χ2v) is 2.75. The van der Waals surface area contributed by atoms with Gasteiger partial charge in [-0.3, -0.25) is 9.59 Å². The van der Waals surface area contributed by atoms with Crippen LogP contribution in [0.2, 0.25) is 0 Å². The molecule has 0 saturated carbocycles. The molecule has 0 atom stereocenters. The maximum Gasteiger partial charge on any atom is 0.285 e. The van der Waals surface area contributed by atoms with Gasteiger partial charge in [0, 0.05) is 5.92 Å². The number of Topliss-reactive ketones (excluding diaryl/α,β-unsaturated/α-hetero) is 1. The number of primary amides is 1. The number of carbonyl (C=O) groups is 2. The predicted molar refractivity (Wildman–Crippen MR) is 39.8 cm³/mol. The molecule has 1 aliphatic heterocycles. The summed E-state index contributed by atoms with van der Waals surface area (Å²) in [6.07, 6.45) is 1.48. The van der Waals surface area contributed by atoms with Crippen LogP contribution < -0.4 is 11.1 Å². The topological polar surface area (TPSA) is 72.2 Å².